The molecule has 1 rings (SSSR count). The van der Waals surface area contributed by atoms with Crippen LogP contribution in [0.4, 0.5) is 4.39 Å². The fourth-order valence-electron chi connectivity index (χ4n) is 1.01. The molecule has 0 aromatic heterocycles. The number of alkyl halides is 1. The van der Waals surface area contributed by atoms with Crippen LogP contribution in [0.1, 0.15) is 33.1 Å². The quantitative estimate of drug-likeness (QED) is 0.520. The van der Waals surface area contributed by atoms with E-state index in [1.165, 1.54) is 12.8 Å². The van der Waals surface area contributed by atoms with Gasteiger partial charge in [0.1, 0.15) is 5.67 Å². The molecule has 0 saturated heterocycles. The maximum absolute atomic E-state index is 12.7. The van der Waals surface area contributed by atoms with Gasteiger partial charge in [-0.3, -0.25) is 0 Å². The molecule has 0 atom stereocenters. The van der Waals surface area contributed by atoms with Crippen molar-refractivity contribution in [1.82, 2.24) is 0 Å². The largest absolute Gasteiger partial charge is 0.244 e. The van der Waals surface area contributed by atoms with E-state index in [-0.39, 0.29) is 0 Å². The van der Waals surface area contributed by atoms with E-state index in [1.807, 2.05) is 0 Å². The fourth-order valence-corrected chi connectivity index (χ4v) is 1.01. The van der Waals surface area contributed by atoms with Gasteiger partial charge in [0.2, 0.25) is 0 Å². The first-order valence-electron chi connectivity index (χ1n) is 3.27. The molecular formula is C7H13F. The van der Waals surface area contributed by atoms with Crippen molar-refractivity contribution in [1.29, 1.82) is 0 Å². The summed E-state index contributed by atoms with van der Waals surface area (Å²) in [6.45, 7) is 3.32. The molecule has 1 fully saturated rings. The lowest BCUT2D eigenvalue weighted by molar-refractivity contribution is 0.191. The van der Waals surface area contributed by atoms with Crippen molar-refractivity contribution in [2.24, 2.45) is 5.92 Å². The van der Waals surface area contributed by atoms with Gasteiger partial charge in [-0.2, -0.15) is 0 Å². The molecule has 1 aliphatic carbocycles. The van der Waals surface area contributed by atoms with Crippen LogP contribution in [0.25, 0.3) is 0 Å². The third kappa shape index (κ3) is 2.29. The van der Waals surface area contributed by atoms with Crippen LogP contribution in [-0.2, 0) is 0 Å². The molecule has 1 heteroatoms. The summed E-state index contributed by atoms with van der Waals surface area (Å²) in [6, 6.07) is 0. The topological polar surface area (TPSA) is 0 Å². The number of halogens is 1. The van der Waals surface area contributed by atoms with Crippen LogP contribution < -0.4 is 0 Å². The van der Waals surface area contributed by atoms with E-state index in [0.29, 0.717) is 0 Å². The lowest BCUT2D eigenvalue weighted by atomic mass is 10.0. The second kappa shape index (κ2) is 1.71. The molecule has 1 aliphatic rings. The van der Waals surface area contributed by atoms with Crippen molar-refractivity contribution < 1.29 is 4.39 Å². The van der Waals surface area contributed by atoms with Crippen LogP contribution in [0.15, 0.2) is 0 Å². The highest BCUT2D eigenvalue weighted by molar-refractivity contribution is 4.80. The fraction of sp³-hybridized carbons (Fsp3) is 1.00. The van der Waals surface area contributed by atoms with Crippen LogP contribution in [0.2, 0.25) is 0 Å². The molecule has 0 amide bonds. The van der Waals surface area contributed by atoms with E-state index < -0.39 is 5.67 Å². The van der Waals surface area contributed by atoms with Gasteiger partial charge in [-0.1, -0.05) is 12.8 Å². The third-order valence-electron chi connectivity index (χ3n) is 1.47. The summed E-state index contributed by atoms with van der Waals surface area (Å²) in [4.78, 5) is 0. The molecule has 48 valence electrons. The lowest BCUT2D eigenvalue weighted by Gasteiger charge is -2.11. The molecular weight excluding hydrogens is 103 g/mol. The Morgan fingerprint density at radius 2 is 2.00 bits per heavy atom. The molecule has 1 saturated carbocycles. The van der Waals surface area contributed by atoms with Gasteiger partial charge in [0.25, 0.3) is 0 Å². The third-order valence-corrected chi connectivity index (χ3v) is 1.47. The number of rotatable bonds is 2. The summed E-state index contributed by atoms with van der Waals surface area (Å²) in [5, 5.41) is 0. The first kappa shape index (κ1) is 6.06. The van der Waals surface area contributed by atoms with Gasteiger partial charge in [-0.15, -0.1) is 0 Å². The molecule has 0 aliphatic heterocycles. The normalized spacial score (nSPS) is 21.4. The average molecular weight is 116 g/mol. The van der Waals surface area contributed by atoms with Crippen molar-refractivity contribution in [2.75, 3.05) is 0 Å². The molecule has 0 heterocycles. The van der Waals surface area contributed by atoms with Crippen LogP contribution in [0.3, 0.4) is 0 Å². The Morgan fingerprint density at radius 1 is 1.50 bits per heavy atom. The molecule has 0 aromatic carbocycles. The van der Waals surface area contributed by atoms with Crippen molar-refractivity contribution in [3.05, 3.63) is 0 Å². The van der Waals surface area contributed by atoms with E-state index in [4.69, 9.17) is 0 Å². The van der Waals surface area contributed by atoms with Gasteiger partial charge in [0.15, 0.2) is 0 Å². The van der Waals surface area contributed by atoms with Crippen LogP contribution in [0.5, 0.6) is 0 Å². The smallest absolute Gasteiger partial charge is 0.105 e. The SMILES string of the molecule is CC(C)(F)CC1CC1. The molecule has 0 spiro atoms. The first-order valence-corrected chi connectivity index (χ1v) is 3.27. The molecule has 8 heavy (non-hydrogen) atoms. The monoisotopic (exact) mass is 116 g/mol. The Labute approximate surface area is 50.1 Å². The van der Waals surface area contributed by atoms with E-state index in [0.717, 1.165) is 12.3 Å². The molecule has 0 radical (unpaired) electrons. The van der Waals surface area contributed by atoms with E-state index >= 15 is 0 Å². The van der Waals surface area contributed by atoms with E-state index in [9.17, 15) is 4.39 Å². The maximum Gasteiger partial charge on any atom is 0.105 e. The molecule has 0 bridgehead atoms. The van der Waals surface area contributed by atoms with Crippen molar-refractivity contribution >= 4 is 0 Å². The Morgan fingerprint density at radius 3 is 2.12 bits per heavy atom. The first-order chi connectivity index (χ1) is 3.58. The van der Waals surface area contributed by atoms with Crippen molar-refractivity contribution in [2.45, 2.75) is 38.8 Å². The van der Waals surface area contributed by atoms with Gasteiger partial charge in [-0.05, 0) is 26.2 Å². The predicted octanol–water partition coefficient (Wildman–Crippen LogP) is 2.53. The van der Waals surface area contributed by atoms with Crippen LogP contribution in [-0.4, -0.2) is 5.67 Å². The van der Waals surface area contributed by atoms with Gasteiger partial charge in [0, 0.05) is 0 Å². The summed E-state index contributed by atoms with van der Waals surface area (Å²) in [6.07, 6.45) is 3.29. The highest BCUT2D eigenvalue weighted by atomic mass is 19.1. The second-order valence-electron chi connectivity index (χ2n) is 3.37. The molecule has 0 nitrogen and oxygen atoms in total. The maximum atomic E-state index is 12.7. The van der Waals surface area contributed by atoms with E-state index in [2.05, 4.69) is 0 Å². The highest BCUT2D eigenvalue weighted by Crippen LogP contribution is 2.37. The van der Waals surface area contributed by atoms with E-state index in [1.54, 1.807) is 13.8 Å². The average Bonchev–Trinajstić information content (AvgIpc) is 2.12. The predicted molar refractivity (Wildman–Crippen MR) is 32.5 cm³/mol. The minimum Gasteiger partial charge on any atom is -0.244 e. The summed E-state index contributed by atoms with van der Waals surface area (Å²) in [5.74, 6) is 0.718. The number of hydrogen-bond acceptors (Lipinski definition) is 0. The second-order valence-corrected chi connectivity index (χ2v) is 3.37. The Balaban J connectivity index is 2.16. The Hall–Kier alpha value is -0.0700. The van der Waals surface area contributed by atoms with Gasteiger partial charge < -0.3 is 0 Å². The standard InChI is InChI=1S/C7H13F/c1-7(2,8)5-6-3-4-6/h6H,3-5H2,1-2H3. The Kier molecular flexibility index (Phi) is 1.30. The van der Waals surface area contributed by atoms with Crippen LogP contribution >= 0.6 is 0 Å². The van der Waals surface area contributed by atoms with Crippen molar-refractivity contribution in [3.8, 4) is 0 Å². The zero-order chi connectivity index (χ0) is 6.20. The van der Waals surface area contributed by atoms with Gasteiger partial charge in [-0.25, -0.2) is 4.39 Å². The Bertz CT molecular complexity index is 76.9. The molecule has 0 unspecified atom stereocenters. The highest BCUT2D eigenvalue weighted by Gasteiger charge is 2.29. The summed E-state index contributed by atoms with van der Waals surface area (Å²) >= 11 is 0. The number of hydrogen-bond donors (Lipinski definition) is 0. The van der Waals surface area contributed by atoms with Gasteiger partial charge in [0.05, 0.1) is 0 Å². The zero-order valence-electron chi connectivity index (χ0n) is 5.58. The molecule has 0 N–H and O–H groups in total. The van der Waals surface area contributed by atoms with Gasteiger partial charge >= 0.3 is 0 Å². The summed E-state index contributed by atoms with van der Waals surface area (Å²) in [7, 11) is 0. The molecule has 0 aromatic rings. The van der Waals surface area contributed by atoms with Crippen molar-refractivity contribution in [3.63, 3.8) is 0 Å². The summed E-state index contributed by atoms with van der Waals surface area (Å²) < 4.78 is 12.7. The minimum absolute atomic E-state index is 0.718. The van der Waals surface area contributed by atoms with Crippen LogP contribution in [0, 0.1) is 5.92 Å². The summed E-state index contributed by atoms with van der Waals surface area (Å²) in [5.41, 5.74) is -0.916. The minimum atomic E-state index is -0.916. The lowest BCUT2D eigenvalue weighted by Crippen LogP contribution is -2.11. The zero-order valence-corrected chi connectivity index (χ0v) is 5.58.